The fourth-order valence-electron chi connectivity index (χ4n) is 2.19. The highest BCUT2D eigenvalue weighted by atomic mass is 35.5. The quantitative estimate of drug-likeness (QED) is 0.811. The molecule has 17 heavy (non-hydrogen) atoms. The minimum absolute atomic E-state index is 0.155. The smallest absolute Gasteiger partial charge is 0.126 e. The summed E-state index contributed by atoms with van der Waals surface area (Å²) in [7, 11) is 0. The third-order valence-electron chi connectivity index (χ3n) is 2.88. The molecule has 96 valence electrons. The minimum atomic E-state index is -0.155. The zero-order valence-electron chi connectivity index (χ0n) is 10.8. The molecule has 1 N–H and O–H groups in total. The molecule has 0 saturated carbocycles. The van der Waals surface area contributed by atoms with Gasteiger partial charge in [-0.15, -0.1) is 0 Å². The van der Waals surface area contributed by atoms with Gasteiger partial charge in [0.05, 0.1) is 0 Å². The molecule has 0 amide bonds. The third-order valence-corrected chi connectivity index (χ3v) is 3.12. The Morgan fingerprint density at radius 3 is 2.71 bits per heavy atom. The van der Waals surface area contributed by atoms with Crippen molar-refractivity contribution < 1.29 is 4.39 Å². The molecule has 0 aliphatic heterocycles. The molecular weight excluding hydrogens is 237 g/mol. The summed E-state index contributed by atoms with van der Waals surface area (Å²) < 4.78 is 13.5. The molecule has 0 aromatic heterocycles. The molecule has 1 nitrogen and oxygen atoms in total. The van der Waals surface area contributed by atoms with Gasteiger partial charge in [-0.3, -0.25) is 0 Å². The van der Waals surface area contributed by atoms with E-state index in [1.165, 1.54) is 6.07 Å². The summed E-state index contributed by atoms with van der Waals surface area (Å²) in [4.78, 5) is 0. The molecule has 1 rings (SSSR count). The first kappa shape index (κ1) is 14.5. The number of nitrogens with one attached hydrogen (secondary N) is 1. The second-order valence-corrected chi connectivity index (χ2v) is 5.18. The Labute approximate surface area is 108 Å². The maximum Gasteiger partial charge on any atom is 0.126 e. The summed E-state index contributed by atoms with van der Waals surface area (Å²) in [5, 5.41) is 3.97. The number of halogens is 2. The summed E-state index contributed by atoms with van der Waals surface area (Å²) >= 11 is 5.88. The van der Waals surface area contributed by atoms with Crippen LogP contribution < -0.4 is 5.32 Å². The van der Waals surface area contributed by atoms with Crippen LogP contribution in [-0.4, -0.2) is 12.6 Å². The first-order valence-corrected chi connectivity index (χ1v) is 6.58. The SMILES string of the molecule is CCNC(C)CC(C)Cc1cc(Cl)ccc1F. The highest BCUT2D eigenvalue weighted by molar-refractivity contribution is 6.30. The van der Waals surface area contributed by atoms with Gasteiger partial charge < -0.3 is 5.32 Å². The van der Waals surface area contributed by atoms with Crippen molar-refractivity contribution in [2.75, 3.05) is 6.54 Å². The molecule has 0 aliphatic rings. The summed E-state index contributed by atoms with van der Waals surface area (Å²) in [6, 6.07) is 5.23. The monoisotopic (exact) mass is 257 g/mol. The minimum Gasteiger partial charge on any atom is -0.315 e. The molecule has 0 bridgehead atoms. The van der Waals surface area contributed by atoms with E-state index >= 15 is 0 Å². The Morgan fingerprint density at radius 2 is 2.06 bits per heavy atom. The van der Waals surface area contributed by atoms with E-state index in [-0.39, 0.29) is 5.82 Å². The van der Waals surface area contributed by atoms with Crippen molar-refractivity contribution in [3.8, 4) is 0 Å². The number of benzene rings is 1. The van der Waals surface area contributed by atoms with Gasteiger partial charge in [-0.25, -0.2) is 4.39 Å². The van der Waals surface area contributed by atoms with E-state index in [9.17, 15) is 4.39 Å². The summed E-state index contributed by atoms with van der Waals surface area (Å²) in [6.45, 7) is 7.37. The van der Waals surface area contributed by atoms with E-state index in [4.69, 9.17) is 11.6 Å². The second-order valence-electron chi connectivity index (χ2n) is 4.74. The Kier molecular flexibility index (Phi) is 5.93. The number of hydrogen-bond acceptors (Lipinski definition) is 1. The van der Waals surface area contributed by atoms with Gasteiger partial charge in [-0.2, -0.15) is 0 Å². The van der Waals surface area contributed by atoms with Gasteiger partial charge in [-0.05, 0) is 56.0 Å². The molecule has 0 aliphatic carbocycles. The van der Waals surface area contributed by atoms with Crippen molar-refractivity contribution in [1.82, 2.24) is 5.32 Å². The standard InChI is InChI=1S/C14H21ClFN/c1-4-17-11(3)7-10(2)8-12-9-13(15)5-6-14(12)16/h5-6,9-11,17H,4,7-8H2,1-3H3. The molecule has 1 aromatic rings. The molecule has 2 unspecified atom stereocenters. The molecular formula is C14H21ClFN. The second kappa shape index (κ2) is 6.97. The lowest BCUT2D eigenvalue weighted by molar-refractivity contribution is 0.421. The van der Waals surface area contributed by atoms with Crippen molar-refractivity contribution in [2.24, 2.45) is 5.92 Å². The van der Waals surface area contributed by atoms with Crippen molar-refractivity contribution in [2.45, 2.75) is 39.7 Å². The molecule has 3 heteroatoms. The van der Waals surface area contributed by atoms with Gasteiger partial charge in [0, 0.05) is 11.1 Å². The van der Waals surface area contributed by atoms with Gasteiger partial charge >= 0.3 is 0 Å². The van der Waals surface area contributed by atoms with Crippen LogP contribution in [0.2, 0.25) is 5.02 Å². The van der Waals surface area contributed by atoms with Crippen molar-refractivity contribution in [3.05, 3.63) is 34.6 Å². The van der Waals surface area contributed by atoms with Crippen LogP contribution in [0.4, 0.5) is 4.39 Å². The van der Waals surface area contributed by atoms with Crippen molar-refractivity contribution >= 4 is 11.6 Å². The fraction of sp³-hybridized carbons (Fsp3) is 0.571. The Morgan fingerprint density at radius 1 is 1.35 bits per heavy atom. The van der Waals surface area contributed by atoms with Crippen LogP contribution >= 0.6 is 11.6 Å². The highest BCUT2D eigenvalue weighted by Gasteiger charge is 2.11. The fourth-order valence-corrected chi connectivity index (χ4v) is 2.39. The van der Waals surface area contributed by atoms with E-state index in [0.29, 0.717) is 22.5 Å². The van der Waals surface area contributed by atoms with Crippen LogP contribution in [0.3, 0.4) is 0 Å². The molecule has 1 aromatic carbocycles. The van der Waals surface area contributed by atoms with Crippen LogP contribution in [0, 0.1) is 11.7 Å². The maximum absolute atomic E-state index is 13.5. The lowest BCUT2D eigenvalue weighted by atomic mass is 9.94. The van der Waals surface area contributed by atoms with Gasteiger partial charge in [0.2, 0.25) is 0 Å². The summed E-state index contributed by atoms with van der Waals surface area (Å²) in [5.74, 6) is 0.286. The average molecular weight is 258 g/mol. The first-order valence-electron chi connectivity index (χ1n) is 6.20. The predicted octanol–water partition coefficient (Wildman–Crippen LogP) is 4.05. The van der Waals surface area contributed by atoms with Crippen LogP contribution in [0.15, 0.2) is 18.2 Å². The Balaban J connectivity index is 2.55. The van der Waals surface area contributed by atoms with Crippen LogP contribution in [-0.2, 0) is 6.42 Å². The molecule has 0 heterocycles. The molecule has 2 atom stereocenters. The van der Waals surface area contributed by atoms with Gasteiger partial charge in [0.25, 0.3) is 0 Å². The van der Waals surface area contributed by atoms with Crippen molar-refractivity contribution in [3.63, 3.8) is 0 Å². The highest BCUT2D eigenvalue weighted by Crippen LogP contribution is 2.20. The van der Waals surface area contributed by atoms with Gasteiger partial charge in [0.15, 0.2) is 0 Å². The average Bonchev–Trinajstić information content (AvgIpc) is 2.23. The molecule has 0 fully saturated rings. The largest absolute Gasteiger partial charge is 0.315 e. The lowest BCUT2D eigenvalue weighted by Gasteiger charge is -2.18. The first-order chi connectivity index (χ1) is 8.02. The zero-order valence-corrected chi connectivity index (χ0v) is 11.5. The van der Waals surface area contributed by atoms with Crippen LogP contribution in [0.5, 0.6) is 0 Å². The third kappa shape index (κ3) is 5.05. The lowest BCUT2D eigenvalue weighted by Crippen LogP contribution is -2.27. The number of rotatable bonds is 6. The van der Waals surface area contributed by atoms with Crippen molar-refractivity contribution in [1.29, 1.82) is 0 Å². The maximum atomic E-state index is 13.5. The van der Waals surface area contributed by atoms with E-state index < -0.39 is 0 Å². The Bertz CT molecular complexity index is 354. The van der Waals surface area contributed by atoms with E-state index in [2.05, 4.69) is 26.1 Å². The predicted molar refractivity (Wildman–Crippen MR) is 72.0 cm³/mol. The number of hydrogen-bond donors (Lipinski definition) is 1. The van der Waals surface area contributed by atoms with Gasteiger partial charge in [0.1, 0.15) is 5.82 Å². The van der Waals surface area contributed by atoms with Crippen LogP contribution in [0.25, 0.3) is 0 Å². The van der Waals surface area contributed by atoms with Crippen LogP contribution in [0.1, 0.15) is 32.8 Å². The van der Waals surface area contributed by atoms with E-state index in [1.54, 1.807) is 12.1 Å². The van der Waals surface area contributed by atoms with Gasteiger partial charge in [-0.1, -0.05) is 25.4 Å². The van der Waals surface area contributed by atoms with E-state index in [0.717, 1.165) is 19.4 Å². The normalized spacial score (nSPS) is 14.6. The van der Waals surface area contributed by atoms with E-state index in [1.807, 2.05) is 0 Å². The Hall–Kier alpha value is -0.600. The topological polar surface area (TPSA) is 12.0 Å². The molecule has 0 saturated heterocycles. The molecule has 0 radical (unpaired) electrons. The summed E-state index contributed by atoms with van der Waals surface area (Å²) in [6.07, 6.45) is 1.78. The summed E-state index contributed by atoms with van der Waals surface area (Å²) in [5.41, 5.74) is 0.716. The zero-order chi connectivity index (χ0) is 12.8. The molecule has 0 spiro atoms.